The number of rotatable bonds is 6. The fourth-order valence-corrected chi connectivity index (χ4v) is 3.56. The van der Waals surface area contributed by atoms with Crippen LogP contribution in [0.2, 0.25) is 0 Å². The lowest BCUT2D eigenvalue weighted by Crippen LogP contribution is -2.43. The zero-order valence-corrected chi connectivity index (χ0v) is 14.3. The average Bonchev–Trinajstić information content (AvgIpc) is 2.57. The lowest BCUT2D eigenvalue weighted by molar-refractivity contribution is -0.147. The lowest BCUT2D eigenvalue weighted by Gasteiger charge is -2.37. The van der Waals surface area contributed by atoms with Gasteiger partial charge >= 0.3 is 18.8 Å². The first-order chi connectivity index (χ1) is 11.5. The summed E-state index contributed by atoms with van der Waals surface area (Å²) in [5, 5.41) is 11.0. The van der Waals surface area contributed by atoms with Crippen molar-refractivity contribution in [3.05, 3.63) is 48.0 Å². The van der Waals surface area contributed by atoms with Gasteiger partial charge in [0.25, 0.3) is 0 Å². The molecular weight excluding hydrogens is 327 g/mol. The van der Waals surface area contributed by atoms with E-state index in [1.54, 1.807) is 0 Å². The van der Waals surface area contributed by atoms with Gasteiger partial charge in [0, 0.05) is 18.3 Å². The molecule has 1 saturated heterocycles. The molecule has 0 aliphatic carbocycles. The van der Waals surface area contributed by atoms with Crippen molar-refractivity contribution >= 4 is 30.4 Å². The van der Waals surface area contributed by atoms with Crippen LogP contribution in [0.25, 0.3) is 0 Å². The quantitative estimate of drug-likeness (QED) is 0.466. The summed E-state index contributed by atoms with van der Waals surface area (Å²) in [5.41, 5.74) is 1.85. The second kappa shape index (κ2) is 8.80. The Balaban J connectivity index is 2.02. The molecule has 1 aromatic rings. The smallest absolute Gasteiger partial charge is 0.392 e. The Hall–Kier alpha value is -1.93. The van der Waals surface area contributed by atoms with Crippen LogP contribution in [0.1, 0.15) is 18.0 Å². The van der Waals surface area contributed by atoms with Gasteiger partial charge in [-0.2, -0.15) is 11.6 Å². The van der Waals surface area contributed by atoms with Crippen molar-refractivity contribution in [2.24, 2.45) is 0 Å². The molecule has 1 heterocycles. The van der Waals surface area contributed by atoms with Gasteiger partial charge < -0.3 is 15.1 Å². The molecule has 0 aromatic heterocycles. The first kappa shape index (κ1) is 18.4. The monoisotopic (exact) mass is 347 g/mol. The predicted octanol–water partition coefficient (Wildman–Crippen LogP) is 2.07. The minimum atomic E-state index is -1.08. The second-order valence-electron chi connectivity index (χ2n) is 5.45. The fourth-order valence-electron chi connectivity index (χ4n) is 2.72. The Labute approximate surface area is 146 Å². The standard InChI is InChI=1S/C16H20BN2O4S/c1-11-10-19(9-8-13(11)24-17-18-16(21)22)14(15(20)23-2)12-6-4-3-5-7-12/h3-7,13-14,18H,1,8-10H2,2H3,(H,21,22). The molecule has 6 nitrogen and oxygen atoms in total. The number of nitrogens with one attached hydrogen (secondary N) is 1. The number of carbonyl (C=O) groups excluding carboxylic acids is 1. The number of benzene rings is 1. The van der Waals surface area contributed by atoms with E-state index in [0.717, 1.165) is 17.6 Å². The molecule has 24 heavy (non-hydrogen) atoms. The van der Waals surface area contributed by atoms with Gasteiger partial charge in [-0.25, -0.2) is 9.59 Å². The van der Waals surface area contributed by atoms with Crippen LogP contribution in [0.5, 0.6) is 0 Å². The van der Waals surface area contributed by atoms with Crippen LogP contribution in [-0.2, 0) is 9.53 Å². The third-order valence-electron chi connectivity index (χ3n) is 3.86. The van der Waals surface area contributed by atoms with Crippen molar-refractivity contribution in [1.82, 2.24) is 10.1 Å². The Morgan fingerprint density at radius 2 is 2.17 bits per heavy atom. The van der Waals surface area contributed by atoms with E-state index in [9.17, 15) is 9.59 Å². The van der Waals surface area contributed by atoms with Gasteiger partial charge in [0.1, 0.15) is 6.04 Å². The van der Waals surface area contributed by atoms with Crippen LogP contribution in [0.3, 0.4) is 0 Å². The highest BCUT2D eigenvalue weighted by Crippen LogP contribution is 2.31. The zero-order valence-electron chi connectivity index (χ0n) is 13.5. The topological polar surface area (TPSA) is 78.9 Å². The highest BCUT2D eigenvalue weighted by Gasteiger charge is 2.33. The van der Waals surface area contributed by atoms with E-state index in [4.69, 9.17) is 9.84 Å². The van der Waals surface area contributed by atoms with Crippen LogP contribution >= 0.6 is 11.6 Å². The van der Waals surface area contributed by atoms with E-state index in [0.29, 0.717) is 13.1 Å². The van der Waals surface area contributed by atoms with Crippen molar-refractivity contribution in [2.75, 3.05) is 20.2 Å². The summed E-state index contributed by atoms with van der Waals surface area (Å²) >= 11 is 1.40. The molecule has 1 radical (unpaired) electrons. The third-order valence-corrected chi connectivity index (χ3v) is 5.01. The lowest BCUT2D eigenvalue weighted by atomic mass is 9.99. The number of likely N-dealkylation sites (tertiary alicyclic amines) is 1. The van der Waals surface area contributed by atoms with Gasteiger partial charge in [0.05, 0.1) is 7.11 Å². The van der Waals surface area contributed by atoms with Crippen LogP contribution < -0.4 is 5.23 Å². The molecule has 127 valence electrons. The van der Waals surface area contributed by atoms with Crippen molar-refractivity contribution in [2.45, 2.75) is 17.7 Å². The molecule has 0 spiro atoms. The van der Waals surface area contributed by atoms with E-state index >= 15 is 0 Å². The fraction of sp³-hybridized carbons (Fsp3) is 0.375. The summed E-state index contributed by atoms with van der Waals surface area (Å²) in [5.74, 6) is -0.292. The number of carboxylic acid groups (broad SMARTS) is 1. The van der Waals surface area contributed by atoms with Crippen molar-refractivity contribution < 1.29 is 19.4 Å². The predicted molar refractivity (Wildman–Crippen MR) is 94.8 cm³/mol. The summed E-state index contributed by atoms with van der Waals surface area (Å²) in [6.07, 6.45) is -0.304. The van der Waals surface area contributed by atoms with E-state index in [2.05, 4.69) is 11.8 Å². The maximum absolute atomic E-state index is 12.3. The Kier molecular flexibility index (Phi) is 6.75. The van der Waals surface area contributed by atoms with Gasteiger partial charge in [-0.3, -0.25) is 4.90 Å². The van der Waals surface area contributed by atoms with Crippen LogP contribution in [-0.4, -0.2) is 54.2 Å². The zero-order chi connectivity index (χ0) is 17.5. The number of hydrogen-bond donors (Lipinski definition) is 2. The van der Waals surface area contributed by atoms with Gasteiger partial charge in [-0.15, -0.1) is 0 Å². The number of amides is 1. The molecule has 8 heteroatoms. The molecule has 2 unspecified atom stereocenters. The summed E-state index contributed by atoms with van der Waals surface area (Å²) in [4.78, 5) is 24.8. The first-order valence-electron chi connectivity index (χ1n) is 7.54. The number of esters is 1. The highest BCUT2D eigenvalue weighted by molar-refractivity contribution is 8.22. The maximum Gasteiger partial charge on any atom is 0.392 e. The number of piperidine rings is 1. The number of hydrogen-bond acceptors (Lipinski definition) is 5. The van der Waals surface area contributed by atoms with E-state index < -0.39 is 12.1 Å². The van der Waals surface area contributed by atoms with E-state index in [1.165, 1.54) is 25.4 Å². The average molecular weight is 347 g/mol. The van der Waals surface area contributed by atoms with Crippen molar-refractivity contribution in [3.63, 3.8) is 0 Å². The van der Waals surface area contributed by atoms with Crippen LogP contribution in [0.4, 0.5) is 4.79 Å². The molecule has 1 aromatic carbocycles. The highest BCUT2D eigenvalue weighted by atomic mass is 32.2. The Morgan fingerprint density at radius 3 is 2.75 bits per heavy atom. The molecule has 2 N–H and O–H groups in total. The minimum absolute atomic E-state index is 0.127. The summed E-state index contributed by atoms with van der Waals surface area (Å²) < 4.78 is 4.98. The molecule has 0 saturated carbocycles. The Morgan fingerprint density at radius 1 is 1.46 bits per heavy atom. The third kappa shape index (κ3) is 4.78. The largest absolute Gasteiger partial charge is 0.468 e. The van der Waals surface area contributed by atoms with Gasteiger partial charge in [0.2, 0.25) is 0 Å². The van der Waals surface area contributed by atoms with Gasteiger partial charge in [-0.1, -0.05) is 42.5 Å². The SMILES string of the molecule is C=C1CN(C(C(=O)OC)c2ccccc2)CCC1S[B]NC(=O)O. The number of methoxy groups -OCH3 is 1. The minimum Gasteiger partial charge on any atom is -0.468 e. The number of ether oxygens (including phenoxy) is 1. The molecule has 1 fully saturated rings. The second-order valence-corrected chi connectivity index (χ2v) is 6.52. The molecule has 2 atom stereocenters. The molecule has 1 aliphatic heterocycles. The van der Waals surface area contributed by atoms with Gasteiger partial charge in [-0.05, 0) is 12.0 Å². The van der Waals surface area contributed by atoms with E-state index in [1.807, 2.05) is 35.2 Å². The summed E-state index contributed by atoms with van der Waals surface area (Å²) in [6.45, 7) is 6.82. The molecular formula is C16H20BN2O4S. The first-order valence-corrected chi connectivity index (χ1v) is 8.48. The number of carbonyl (C=O) groups is 2. The van der Waals surface area contributed by atoms with Crippen molar-refractivity contribution in [3.8, 4) is 0 Å². The van der Waals surface area contributed by atoms with E-state index in [-0.39, 0.29) is 11.2 Å². The Bertz CT molecular complexity index is 599. The summed E-state index contributed by atoms with van der Waals surface area (Å²) in [7, 11) is 1.39. The molecule has 1 aliphatic rings. The van der Waals surface area contributed by atoms with Gasteiger partial charge in [0.15, 0.2) is 0 Å². The molecule has 1 amide bonds. The van der Waals surface area contributed by atoms with Crippen LogP contribution in [0, 0.1) is 0 Å². The number of nitrogens with zero attached hydrogens (tertiary/aromatic N) is 1. The van der Waals surface area contributed by atoms with Crippen molar-refractivity contribution in [1.29, 1.82) is 0 Å². The molecule has 0 bridgehead atoms. The van der Waals surface area contributed by atoms with Crippen LogP contribution in [0.15, 0.2) is 42.5 Å². The molecule has 2 rings (SSSR count). The normalized spacial score (nSPS) is 19.4. The summed E-state index contributed by atoms with van der Waals surface area (Å²) in [6, 6.07) is 9.07. The maximum atomic E-state index is 12.3.